The number of anilines is 1. The van der Waals surface area contributed by atoms with E-state index in [0.29, 0.717) is 11.7 Å². The zero-order valence-corrected chi connectivity index (χ0v) is 13.8. The number of sulfonamides is 1. The summed E-state index contributed by atoms with van der Waals surface area (Å²) in [5, 5.41) is 0. The average molecular weight is 335 g/mol. The molecule has 0 saturated heterocycles. The molecule has 2 aromatic rings. The molecule has 3 rings (SSSR count). The summed E-state index contributed by atoms with van der Waals surface area (Å²) >= 11 is 0. The van der Waals surface area contributed by atoms with Crippen LogP contribution in [0.15, 0.2) is 47.4 Å². The third-order valence-electron chi connectivity index (χ3n) is 3.88. The van der Waals surface area contributed by atoms with Gasteiger partial charge >= 0.3 is 0 Å². The highest BCUT2D eigenvalue weighted by molar-refractivity contribution is 7.92. The number of rotatable bonds is 3. The Bertz CT molecular complexity index is 816. The molecule has 122 valence electrons. The normalized spacial score (nSPS) is 14.5. The molecule has 0 aliphatic carbocycles. The maximum Gasteiger partial charge on any atom is 0.264 e. The predicted octanol–water partition coefficient (Wildman–Crippen LogP) is 3.54. The molecule has 2 aromatic carbocycles. The van der Waals surface area contributed by atoms with Gasteiger partial charge in [0.15, 0.2) is 0 Å². The SMILES string of the molecule is CC(C)c1ccc(S(=O)(=O)N2CCOc3ccc(F)cc32)cc1. The molecule has 0 aromatic heterocycles. The van der Waals surface area contributed by atoms with Crippen molar-refractivity contribution in [1.82, 2.24) is 0 Å². The van der Waals surface area contributed by atoms with E-state index >= 15 is 0 Å². The van der Waals surface area contributed by atoms with Crippen LogP contribution in [0, 0.1) is 5.82 Å². The van der Waals surface area contributed by atoms with Crippen LogP contribution in [0.5, 0.6) is 5.75 Å². The first-order valence-electron chi connectivity index (χ1n) is 7.44. The Morgan fingerprint density at radius 3 is 2.48 bits per heavy atom. The van der Waals surface area contributed by atoms with E-state index in [1.807, 2.05) is 26.0 Å². The smallest absolute Gasteiger partial charge is 0.264 e. The highest BCUT2D eigenvalue weighted by atomic mass is 32.2. The lowest BCUT2D eigenvalue weighted by atomic mass is 10.0. The van der Waals surface area contributed by atoms with Crippen molar-refractivity contribution in [1.29, 1.82) is 0 Å². The quantitative estimate of drug-likeness (QED) is 0.862. The fourth-order valence-electron chi connectivity index (χ4n) is 2.57. The van der Waals surface area contributed by atoms with E-state index in [1.165, 1.54) is 22.5 Å². The highest BCUT2D eigenvalue weighted by Gasteiger charge is 2.30. The van der Waals surface area contributed by atoms with Crippen molar-refractivity contribution in [3.05, 3.63) is 53.8 Å². The molecule has 0 unspecified atom stereocenters. The Hall–Kier alpha value is -2.08. The average Bonchev–Trinajstić information content (AvgIpc) is 2.54. The third-order valence-corrected chi connectivity index (χ3v) is 5.70. The van der Waals surface area contributed by atoms with Gasteiger partial charge in [0.1, 0.15) is 18.2 Å². The van der Waals surface area contributed by atoms with Gasteiger partial charge in [-0.15, -0.1) is 0 Å². The second-order valence-electron chi connectivity index (χ2n) is 5.76. The summed E-state index contributed by atoms with van der Waals surface area (Å²) in [4.78, 5) is 0.194. The van der Waals surface area contributed by atoms with E-state index in [-0.39, 0.29) is 23.7 Å². The molecule has 0 spiro atoms. The molecule has 1 aliphatic rings. The van der Waals surface area contributed by atoms with Gasteiger partial charge in [-0.05, 0) is 35.7 Å². The first-order valence-corrected chi connectivity index (χ1v) is 8.88. The summed E-state index contributed by atoms with van der Waals surface area (Å²) in [6.07, 6.45) is 0. The van der Waals surface area contributed by atoms with Crippen molar-refractivity contribution in [2.24, 2.45) is 0 Å². The highest BCUT2D eigenvalue weighted by Crippen LogP contribution is 2.35. The molecule has 1 heterocycles. The zero-order valence-electron chi connectivity index (χ0n) is 13.0. The van der Waals surface area contributed by atoms with Crippen LogP contribution < -0.4 is 9.04 Å². The van der Waals surface area contributed by atoms with Gasteiger partial charge in [0.25, 0.3) is 10.0 Å². The number of ether oxygens (including phenoxy) is 1. The van der Waals surface area contributed by atoms with E-state index < -0.39 is 15.8 Å². The van der Waals surface area contributed by atoms with Gasteiger partial charge < -0.3 is 4.74 Å². The molecule has 1 aliphatic heterocycles. The third kappa shape index (κ3) is 2.91. The Labute approximate surface area is 135 Å². The summed E-state index contributed by atoms with van der Waals surface area (Å²) in [5.74, 6) is 0.203. The first-order chi connectivity index (χ1) is 10.9. The molecule has 0 amide bonds. The molecule has 0 bridgehead atoms. The lowest BCUT2D eigenvalue weighted by Gasteiger charge is -2.30. The number of benzene rings is 2. The fourth-order valence-corrected chi connectivity index (χ4v) is 4.02. The first kappa shape index (κ1) is 15.8. The summed E-state index contributed by atoms with van der Waals surface area (Å²) in [6.45, 7) is 4.49. The molecule has 0 radical (unpaired) electrons. The largest absolute Gasteiger partial charge is 0.489 e. The second kappa shape index (κ2) is 5.85. The van der Waals surface area contributed by atoms with Gasteiger partial charge in [0.05, 0.1) is 17.1 Å². The van der Waals surface area contributed by atoms with Crippen molar-refractivity contribution in [3.8, 4) is 5.75 Å². The zero-order chi connectivity index (χ0) is 16.6. The second-order valence-corrected chi connectivity index (χ2v) is 7.62. The Morgan fingerprint density at radius 2 is 1.83 bits per heavy atom. The van der Waals surface area contributed by atoms with Gasteiger partial charge in [-0.1, -0.05) is 26.0 Å². The molecular weight excluding hydrogens is 317 g/mol. The van der Waals surface area contributed by atoms with Crippen LogP contribution in [0.3, 0.4) is 0 Å². The van der Waals surface area contributed by atoms with Gasteiger partial charge in [0, 0.05) is 6.07 Å². The van der Waals surface area contributed by atoms with Crippen molar-refractivity contribution < 1.29 is 17.5 Å². The Balaban J connectivity index is 2.02. The van der Waals surface area contributed by atoms with Gasteiger partial charge in [-0.2, -0.15) is 0 Å². The van der Waals surface area contributed by atoms with Crippen LogP contribution in [-0.2, 0) is 10.0 Å². The van der Waals surface area contributed by atoms with E-state index in [9.17, 15) is 12.8 Å². The summed E-state index contributed by atoms with van der Waals surface area (Å²) < 4.78 is 45.9. The predicted molar refractivity (Wildman–Crippen MR) is 87.0 cm³/mol. The van der Waals surface area contributed by atoms with Crippen LogP contribution in [0.2, 0.25) is 0 Å². The van der Waals surface area contributed by atoms with Crippen LogP contribution in [0.4, 0.5) is 10.1 Å². The molecule has 23 heavy (non-hydrogen) atoms. The molecule has 0 atom stereocenters. The topological polar surface area (TPSA) is 46.6 Å². The minimum atomic E-state index is -3.75. The van der Waals surface area contributed by atoms with Crippen molar-refractivity contribution in [2.75, 3.05) is 17.5 Å². The molecule has 0 N–H and O–H groups in total. The minimum Gasteiger partial charge on any atom is -0.489 e. The summed E-state index contributed by atoms with van der Waals surface area (Å²) in [7, 11) is -3.75. The molecule has 0 saturated carbocycles. The molecule has 6 heteroatoms. The van der Waals surface area contributed by atoms with Gasteiger partial charge in [-0.3, -0.25) is 4.31 Å². The maximum absolute atomic E-state index is 13.5. The molecule has 4 nitrogen and oxygen atoms in total. The monoisotopic (exact) mass is 335 g/mol. The van der Waals surface area contributed by atoms with Gasteiger partial charge in [0.2, 0.25) is 0 Å². The van der Waals surface area contributed by atoms with E-state index in [4.69, 9.17) is 4.74 Å². The van der Waals surface area contributed by atoms with E-state index in [1.54, 1.807) is 12.1 Å². The number of nitrogens with zero attached hydrogens (tertiary/aromatic N) is 1. The van der Waals surface area contributed by atoms with Gasteiger partial charge in [-0.25, -0.2) is 12.8 Å². The maximum atomic E-state index is 13.5. The molecule has 0 fully saturated rings. The minimum absolute atomic E-state index is 0.157. The number of hydrogen-bond donors (Lipinski definition) is 0. The number of halogens is 1. The Kier molecular flexibility index (Phi) is 4.02. The fraction of sp³-hybridized carbons (Fsp3) is 0.294. The lowest BCUT2D eigenvalue weighted by molar-refractivity contribution is 0.315. The number of fused-ring (bicyclic) bond motifs is 1. The van der Waals surface area contributed by atoms with Crippen LogP contribution in [-0.4, -0.2) is 21.6 Å². The van der Waals surface area contributed by atoms with Crippen LogP contribution in [0.25, 0.3) is 0 Å². The lowest BCUT2D eigenvalue weighted by Crippen LogP contribution is -2.38. The van der Waals surface area contributed by atoms with Crippen LogP contribution in [0.1, 0.15) is 25.3 Å². The van der Waals surface area contributed by atoms with Crippen molar-refractivity contribution in [2.45, 2.75) is 24.7 Å². The van der Waals surface area contributed by atoms with Crippen molar-refractivity contribution in [3.63, 3.8) is 0 Å². The standard InChI is InChI=1S/C17H18FNO3S/c1-12(2)13-3-6-15(7-4-13)23(20,21)19-9-10-22-17-8-5-14(18)11-16(17)19/h3-8,11-12H,9-10H2,1-2H3. The summed E-state index contributed by atoms with van der Waals surface area (Å²) in [5.41, 5.74) is 1.31. The summed E-state index contributed by atoms with van der Waals surface area (Å²) in [6, 6.07) is 10.7. The Morgan fingerprint density at radius 1 is 1.13 bits per heavy atom. The van der Waals surface area contributed by atoms with Crippen LogP contribution >= 0.6 is 0 Å². The van der Waals surface area contributed by atoms with E-state index in [0.717, 1.165) is 5.56 Å². The van der Waals surface area contributed by atoms with Crippen molar-refractivity contribution >= 4 is 15.7 Å². The molecular formula is C17H18FNO3S. The van der Waals surface area contributed by atoms with E-state index in [2.05, 4.69) is 0 Å². The number of hydrogen-bond acceptors (Lipinski definition) is 3.